The molecule has 1 atom stereocenters. The Kier molecular flexibility index (Phi) is 3.36. The summed E-state index contributed by atoms with van der Waals surface area (Å²) in [6, 6.07) is 10.1. The molecule has 1 N–H and O–H groups in total. The number of para-hydroxylation sites is 1. The second-order valence-corrected chi connectivity index (χ2v) is 5.57. The molecule has 0 saturated carbocycles. The van der Waals surface area contributed by atoms with Gasteiger partial charge in [-0.3, -0.25) is 0 Å². The Balaban J connectivity index is 1.93. The number of benzene rings is 1. The molecule has 4 heteroatoms. The Morgan fingerprint density at radius 2 is 2.21 bits per heavy atom. The number of thiazole rings is 1. The molecule has 0 aliphatic heterocycles. The van der Waals surface area contributed by atoms with Crippen LogP contribution in [0.3, 0.4) is 0 Å². The van der Waals surface area contributed by atoms with Crippen molar-refractivity contribution in [1.82, 2.24) is 10.3 Å². The highest BCUT2D eigenvalue weighted by Crippen LogP contribution is 2.30. The van der Waals surface area contributed by atoms with E-state index >= 15 is 0 Å². The zero-order chi connectivity index (χ0) is 13.2. The van der Waals surface area contributed by atoms with E-state index in [9.17, 15) is 0 Å². The number of rotatable bonds is 4. The van der Waals surface area contributed by atoms with Gasteiger partial charge in [0, 0.05) is 23.2 Å². The number of hydrogen-bond acceptors (Lipinski definition) is 4. The molecule has 0 saturated heterocycles. The van der Waals surface area contributed by atoms with Gasteiger partial charge in [0.1, 0.15) is 11.3 Å². The van der Waals surface area contributed by atoms with Gasteiger partial charge in [-0.1, -0.05) is 25.1 Å². The van der Waals surface area contributed by atoms with Crippen LogP contribution in [0.2, 0.25) is 0 Å². The Hall–Kier alpha value is -1.65. The molecule has 3 nitrogen and oxygen atoms in total. The minimum atomic E-state index is 0.424. The standard InChI is InChI=1S/C15H16N2OS/c1-10(8-16-2)15-17-12(9-19-15)14-7-11-5-3-4-6-13(11)18-14/h3-7,9-10,16H,8H2,1-2H3. The van der Waals surface area contributed by atoms with Crippen molar-refractivity contribution in [1.29, 1.82) is 0 Å². The summed E-state index contributed by atoms with van der Waals surface area (Å²) in [6.45, 7) is 3.12. The lowest BCUT2D eigenvalue weighted by molar-refractivity contribution is 0.627. The zero-order valence-corrected chi connectivity index (χ0v) is 11.8. The zero-order valence-electron chi connectivity index (χ0n) is 11.0. The predicted octanol–water partition coefficient (Wildman–Crippen LogP) is 3.88. The lowest BCUT2D eigenvalue weighted by atomic mass is 10.2. The Morgan fingerprint density at radius 1 is 1.37 bits per heavy atom. The number of likely N-dealkylation sites (N-methyl/N-ethyl adjacent to an activating group) is 1. The van der Waals surface area contributed by atoms with Crippen LogP contribution < -0.4 is 5.32 Å². The first-order chi connectivity index (χ1) is 9.28. The molecule has 1 unspecified atom stereocenters. The van der Waals surface area contributed by atoms with E-state index in [1.54, 1.807) is 11.3 Å². The highest BCUT2D eigenvalue weighted by molar-refractivity contribution is 7.10. The topological polar surface area (TPSA) is 38.1 Å². The van der Waals surface area contributed by atoms with Crippen molar-refractivity contribution < 1.29 is 4.42 Å². The molecule has 0 spiro atoms. The average Bonchev–Trinajstić information content (AvgIpc) is 3.05. The summed E-state index contributed by atoms with van der Waals surface area (Å²) in [5, 5.41) is 7.51. The van der Waals surface area contributed by atoms with E-state index in [0.29, 0.717) is 5.92 Å². The first-order valence-corrected chi connectivity index (χ1v) is 7.25. The first kappa shape index (κ1) is 12.4. The largest absolute Gasteiger partial charge is 0.454 e. The molecular weight excluding hydrogens is 256 g/mol. The SMILES string of the molecule is CNCC(C)c1nc(-c2cc3ccccc3o2)cs1. The molecule has 0 aliphatic carbocycles. The van der Waals surface area contributed by atoms with Crippen LogP contribution in [-0.4, -0.2) is 18.6 Å². The van der Waals surface area contributed by atoms with Crippen molar-refractivity contribution in [3.05, 3.63) is 40.7 Å². The fourth-order valence-electron chi connectivity index (χ4n) is 2.13. The van der Waals surface area contributed by atoms with E-state index < -0.39 is 0 Å². The van der Waals surface area contributed by atoms with Gasteiger partial charge in [0.15, 0.2) is 5.76 Å². The highest BCUT2D eigenvalue weighted by atomic mass is 32.1. The second kappa shape index (κ2) is 5.15. The van der Waals surface area contributed by atoms with Gasteiger partial charge in [-0.2, -0.15) is 0 Å². The first-order valence-electron chi connectivity index (χ1n) is 6.37. The summed E-state index contributed by atoms with van der Waals surface area (Å²) in [5.41, 5.74) is 1.84. The van der Waals surface area contributed by atoms with Gasteiger partial charge in [-0.15, -0.1) is 11.3 Å². The summed E-state index contributed by atoms with van der Waals surface area (Å²) in [4.78, 5) is 4.68. The minimum Gasteiger partial charge on any atom is -0.454 e. The number of fused-ring (bicyclic) bond motifs is 1. The quantitative estimate of drug-likeness (QED) is 0.783. The molecule has 0 radical (unpaired) electrons. The second-order valence-electron chi connectivity index (χ2n) is 4.68. The monoisotopic (exact) mass is 272 g/mol. The molecule has 2 heterocycles. The highest BCUT2D eigenvalue weighted by Gasteiger charge is 2.13. The Bertz CT molecular complexity index is 653. The summed E-state index contributed by atoms with van der Waals surface area (Å²) < 4.78 is 5.84. The van der Waals surface area contributed by atoms with Crippen molar-refractivity contribution >= 4 is 22.3 Å². The molecule has 3 aromatic rings. The normalized spacial score (nSPS) is 12.9. The van der Waals surface area contributed by atoms with E-state index in [-0.39, 0.29) is 0 Å². The van der Waals surface area contributed by atoms with Crippen molar-refractivity contribution in [3.8, 4) is 11.5 Å². The summed E-state index contributed by atoms with van der Waals surface area (Å²) in [7, 11) is 1.96. The molecule has 0 fully saturated rings. The number of aromatic nitrogens is 1. The predicted molar refractivity (Wildman–Crippen MR) is 79.7 cm³/mol. The van der Waals surface area contributed by atoms with Crippen LogP contribution in [0.25, 0.3) is 22.4 Å². The van der Waals surface area contributed by atoms with Crippen LogP contribution in [-0.2, 0) is 0 Å². The molecule has 0 aliphatic rings. The maximum absolute atomic E-state index is 5.84. The number of furan rings is 1. The third-order valence-electron chi connectivity index (χ3n) is 3.13. The minimum absolute atomic E-state index is 0.424. The van der Waals surface area contributed by atoms with Crippen LogP contribution in [0, 0.1) is 0 Å². The lowest BCUT2D eigenvalue weighted by Gasteiger charge is -2.05. The molecule has 3 rings (SSSR count). The van der Waals surface area contributed by atoms with E-state index in [1.807, 2.05) is 25.2 Å². The van der Waals surface area contributed by atoms with E-state index in [2.05, 4.69) is 34.7 Å². The van der Waals surface area contributed by atoms with E-state index in [1.165, 1.54) is 0 Å². The molecular formula is C15H16N2OS. The van der Waals surface area contributed by atoms with Gasteiger partial charge >= 0.3 is 0 Å². The van der Waals surface area contributed by atoms with E-state index in [0.717, 1.165) is 34.0 Å². The fourth-order valence-corrected chi connectivity index (χ4v) is 3.00. The van der Waals surface area contributed by atoms with Crippen LogP contribution in [0.5, 0.6) is 0 Å². The molecule has 2 aromatic heterocycles. The van der Waals surface area contributed by atoms with Gasteiger partial charge in [0.2, 0.25) is 0 Å². The molecule has 98 valence electrons. The van der Waals surface area contributed by atoms with E-state index in [4.69, 9.17) is 4.42 Å². The number of nitrogens with one attached hydrogen (secondary N) is 1. The van der Waals surface area contributed by atoms with Gasteiger partial charge in [-0.05, 0) is 19.2 Å². The van der Waals surface area contributed by atoms with Crippen molar-refractivity contribution in [3.63, 3.8) is 0 Å². The van der Waals surface area contributed by atoms with Crippen LogP contribution in [0.4, 0.5) is 0 Å². The average molecular weight is 272 g/mol. The number of nitrogens with zero attached hydrogens (tertiary/aromatic N) is 1. The van der Waals surface area contributed by atoms with Gasteiger partial charge in [-0.25, -0.2) is 4.98 Å². The van der Waals surface area contributed by atoms with Gasteiger partial charge in [0.05, 0.1) is 5.01 Å². The van der Waals surface area contributed by atoms with Crippen LogP contribution in [0.15, 0.2) is 40.1 Å². The maximum Gasteiger partial charge on any atom is 0.154 e. The molecule has 0 amide bonds. The third-order valence-corrected chi connectivity index (χ3v) is 4.21. The molecule has 19 heavy (non-hydrogen) atoms. The van der Waals surface area contributed by atoms with Crippen molar-refractivity contribution in [2.24, 2.45) is 0 Å². The Morgan fingerprint density at radius 3 is 3.00 bits per heavy atom. The fraction of sp³-hybridized carbons (Fsp3) is 0.267. The van der Waals surface area contributed by atoms with Crippen LogP contribution in [0.1, 0.15) is 17.8 Å². The summed E-state index contributed by atoms with van der Waals surface area (Å²) in [5.74, 6) is 1.27. The van der Waals surface area contributed by atoms with Crippen molar-refractivity contribution in [2.75, 3.05) is 13.6 Å². The molecule has 1 aromatic carbocycles. The lowest BCUT2D eigenvalue weighted by Crippen LogP contribution is -2.14. The van der Waals surface area contributed by atoms with Gasteiger partial charge < -0.3 is 9.73 Å². The van der Waals surface area contributed by atoms with Gasteiger partial charge in [0.25, 0.3) is 0 Å². The van der Waals surface area contributed by atoms with Crippen molar-refractivity contribution in [2.45, 2.75) is 12.8 Å². The summed E-state index contributed by atoms with van der Waals surface area (Å²) in [6.07, 6.45) is 0. The summed E-state index contributed by atoms with van der Waals surface area (Å²) >= 11 is 1.69. The molecule has 0 bridgehead atoms. The maximum atomic E-state index is 5.84. The third kappa shape index (κ3) is 2.41. The van der Waals surface area contributed by atoms with Crippen LogP contribution >= 0.6 is 11.3 Å². The smallest absolute Gasteiger partial charge is 0.154 e. The number of hydrogen-bond donors (Lipinski definition) is 1. The Labute approximate surface area is 116 Å².